The molecule has 1 fully saturated rings. The summed E-state index contributed by atoms with van der Waals surface area (Å²) in [6.45, 7) is 5.36. The summed E-state index contributed by atoms with van der Waals surface area (Å²) in [4.78, 5) is 13.2. The van der Waals surface area contributed by atoms with E-state index in [-0.39, 0.29) is 11.9 Å². The molecule has 0 aromatic heterocycles. The molecule has 1 aromatic carbocycles. The van der Waals surface area contributed by atoms with Crippen LogP contribution < -0.4 is 5.32 Å². The summed E-state index contributed by atoms with van der Waals surface area (Å²) in [5.41, 5.74) is 1.02. The number of carbonyl (C=O) groups is 1. The molecule has 3 nitrogen and oxygen atoms in total. The highest BCUT2D eigenvalue weighted by molar-refractivity contribution is 6.33. The van der Waals surface area contributed by atoms with E-state index in [0.29, 0.717) is 11.1 Å². The number of nitrogens with zero attached hydrogens (tertiary/aromatic N) is 1. The minimum Gasteiger partial charge on any atom is -0.343 e. The second kappa shape index (κ2) is 6.79. The van der Waals surface area contributed by atoms with Gasteiger partial charge >= 0.3 is 0 Å². The third kappa shape index (κ3) is 3.87. The molecule has 5 heteroatoms. The van der Waals surface area contributed by atoms with Gasteiger partial charge in [-0.25, -0.2) is 0 Å². The van der Waals surface area contributed by atoms with E-state index in [1.165, 1.54) is 0 Å². The lowest BCUT2D eigenvalue weighted by Crippen LogP contribution is -2.44. The number of likely N-dealkylation sites (tertiary alicyclic amines) is 1. The number of hydrogen-bond acceptors (Lipinski definition) is 2. The van der Waals surface area contributed by atoms with Gasteiger partial charge in [0.1, 0.15) is 0 Å². The predicted molar refractivity (Wildman–Crippen MR) is 83.3 cm³/mol. The molecule has 0 aliphatic carbocycles. The maximum Gasteiger partial charge on any atom is 0.219 e. The first-order chi connectivity index (χ1) is 9.47. The Bertz CT molecular complexity index is 485. The summed E-state index contributed by atoms with van der Waals surface area (Å²) in [5, 5.41) is 5.01. The van der Waals surface area contributed by atoms with E-state index >= 15 is 0 Å². The highest BCUT2D eigenvalue weighted by atomic mass is 35.5. The molecule has 1 saturated heterocycles. The van der Waals surface area contributed by atoms with Crippen molar-refractivity contribution in [3.63, 3.8) is 0 Å². The minimum absolute atomic E-state index is 0.148. The third-order valence-corrected chi connectivity index (χ3v) is 4.43. The average molecular weight is 315 g/mol. The molecule has 1 aliphatic heterocycles. The van der Waals surface area contributed by atoms with Crippen LogP contribution in [0, 0.1) is 0 Å². The zero-order valence-electron chi connectivity index (χ0n) is 11.8. The summed E-state index contributed by atoms with van der Waals surface area (Å²) < 4.78 is 0. The Hall–Kier alpha value is -0.770. The fourth-order valence-electron chi connectivity index (χ4n) is 2.65. The number of halogens is 2. The van der Waals surface area contributed by atoms with Crippen LogP contribution in [0.1, 0.15) is 38.3 Å². The van der Waals surface area contributed by atoms with Crippen molar-refractivity contribution in [2.24, 2.45) is 0 Å². The Kier molecular flexibility index (Phi) is 5.30. The standard InChI is InChI=1S/C15H20Cl2N2O/c1-10(14-9-12(16)3-4-15(14)17)18-13-5-7-19(8-6-13)11(2)20/h3-4,9-10,13,18H,5-8H2,1-2H3. The lowest BCUT2D eigenvalue weighted by atomic mass is 10.0. The van der Waals surface area contributed by atoms with Crippen molar-refractivity contribution in [2.75, 3.05) is 13.1 Å². The Morgan fingerprint density at radius 3 is 2.60 bits per heavy atom. The maximum absolute atomic E-state index is 11.3. The van der Waals surface area contributed by atoms with Gasteiger partial charge in [0.05, 0.1) is 0 Å². The van der Waals surface area contributed by atoms with Crippen molar-refractivity contribution in [1.29, 1.82) is 0 Å². The highest BCUT2D eigenvalue weighted by Gasteiger charge is 2.22. The van der Waals surface area contributed by atoms with Crippen molar-refractivity contribution < 1.29 is 4.79 Å². The zero-order chi connectivity index (χ0) is 14.7. The van der Waals surface area contributed by atoms with Gasteiger partial charge in [0.15, 0.2) is 0 Å². The van der Waals surface area contributed by atoms with Crippen LogP contribution in [-0.4, -0.2) is 29.9 Å². The van der Waals surface area contributed by atoms with Crippen molar-refractivity contribution in [3.05, 3.63) is 33.8 Å². The van der Waals surface area contributed by atoms with E-state index in [1.807, 2.05) is 17.0 Å². The number of amides is 1. The molecule has 0 bridgehead atoms. The van der Waals surface area contributed by atoms with Crippen LogP contribution in [-0.2, 0) is 4.79 Å². The van der Waals surface area contributed by atoms with E-state index in [4.69, 9.17) is 23.2 Å². The molecule has 20 heavy (non-hydrogen) atoms. The Morgan fingerprint density at radius 2 is 2.00 bits per heavy atom. The number of benzene rings is 1. The van der Waals surface area contributed by atoms with Crippen LogP contribution in [0.2, 0.25) is 10.0 Å². The van der Waals surface area contributed by atoms with Crippen LogP contribution in [0.3, 0.4) is 0 Å². The largest absolute Gasteiger partial charge is 0.343 e. The summed E-state index contributed by atoms with van der Waals surface area (Å²) in [6.07, 6.45) is 1.95. The van der Waals surface area contributed by atoms with Gasteiger partial charge in [-0.05, 0) is 43.5 Å². The van der Waals surface area contributed by atoms with Crippen molar-refractivity contribution in [3.8, 4) is 0 Å². The van der Waals surface area contributed by atoms with Crippen LogP contribution in [0.4, 0.5) is 0 Å². The lowest BCUT2D eigenvalue weighted by molar-refractivity contribution is -0.129. The van der Waals surface area contributed by atoms with Gasteiger partial charge < -0.3 is 10.2 Å². The van der Waals surface area contributed by atoms with E-state index < -0.39 is 0 Å². The Labute approximate surface area is 130 Å². The number of nitrogens with one attached hydrogen (secondary N) is 1. The molecular weight excluding hydrogens is 295 g/mol. The molecule has 110 valence electrons. The van der Waals surface area contributed by atoms with Gasteiger partial charge in [0, 0.05) is 42.1 Å². The van der Waals surface area contributed by atoms with Gasteiger partial charge in [0.25, 0.3) is 0 Å². The number of rotatable bonds is 3. The molecule has 1 aliphatic rings. The predicted octanol–water partition coefficient (Wildman–Crippen LogP) is 3.65. The minimum atomic E-state index is 0.148. The molecule has 1 amide bonds. The lowest BCUT2D eigenvalue weighted by Gasteiger charge is -2.33. The maximum atomic E-state index is 11.3. The van der Waals surface area contributed by atoms with Gasteiger partial charge in [-0.1, -0.05) is 23.2 Å². The summed E-state index contributed by atoms with van der Waals surface area (Å²) in [6, 6.07) is 6.10. The summed E-state index contributed by atoms with van der Waals surface area (Å²) in [7, 11) is 0. The third-order valence-electron chi connectivity index (χ3n) is 3.85. The van der Waals surface area contributed by atoms with Gasteiger partial charge in [0.2, 0.25) is 5.91 Å². The fourth-order valence-corrected chi connectivity index (χ4v) is 3.11. The SMILES string of the molecule is CC(=O)N1CCC(NC(C)c2cc(Cl)ccc2Cl)CC1. The van der Waals surface area contributed by atoms with Gasteiger partial charge in [-0.15, -0.1) is 0 Å². The summed E-state index contributed by atoms with van der Waals surface area (Å²) in [5.74, 6) is 0.161. The fraction of sp³-hybridized carbons (Fsp3) is 0.533. The average Bonchev–Trinajstić information content (AvgIpc) is 2.42. The molecule has 1 heterocycles. The second-order valence-electron chi connectivity index (χ2n) is 5.33. The molecule has 1 aromatic rings. The highest BCUT2D eigenvalue weighted by Crippen LogP contribution is 2.27. The molecule has 0 radical (unpaired) electrons. The van der Waals surface area contributed by atoms with Crippen molar-refractivity contribution >= 4 is 29.1 Å². The zero-order valence-corrected chi connectivity index (χ0v) is 13.3. The Morgan fingerprint density at radius 1 is 1.35 bits per heavy atom. The van der Waals surface area contributed by atoms with Crippen molar-refractivity contribution in [2.45, 2.75) is 38.8 Å². The second-order valence-corrected chi connectivity index (χ2v) is 6.18. The quantitative estimate of drug-likeness (QED) is 0.923. The number of piperidine rings is 1. The van der Waals surface area contributed by atoms with E-state index in [1.54, 1.807) is 13.0 Å². The van der Waals surface area contributed by atoms with E-state index in [2.05, 4.69) is 12.2 Å². The van der Waals surface area contributed by atoms with E-state index in [9.17, 15) is 4.79 Å². The molecule has 2 rings (SSSR count). The number of hydrogen-bond donors (Lipinski definition) is 1. The molecule has 1 unspecified atom stereocenters. The molecule has 1 atom stereocenters. The summed E-state index contributed by atoms with van der Waals surface area (Å²) >= 11 is 12.2. The topological polar surface area (TPSA) is 32.3 Å². The van der Waals surface area contributed by atoms with Crippen LogP contribution >= 0.6 is 23.2 Å². The van der Waals surface area contributed by atoms with Crippen molar-refractivity contribution in [1.82, 2.24) is 10.2 Å². The smallest absolute Gasteiger partial charge is 0.219 e. The van der Waals surface area contributed by atoms with Crippen LogP contribution in [0.5, 0.6) is 0 Å². The normalized spacial score (nSPS) is 18.1. The Balaban J connectivity index is 1.94. The van der Waals surface area contributed by atoms with Gasteiger partial charge in [-0.3, -0.25) is 4.79 Å². The molecule has 1 N–H and O–H groups in total. The molecule has 0 saturated carbocycles. The first-order valence-electron chi connectivity index (χ1n) is 6.94. The van der Waals surface area contributed by atoms with Crippen LogP contribution in [0.25, 0.3) is 0 Å². The first kappa shape index (κ1) is 15.6. The first-order valence-corrected chi connectivity index (χ1v) is 7.69. The molecule has 0 spiro atoms. The van der Waals surface area contributed by atoms with E-state index in [0.717, 1.165) is 36.5 Å². The molecular formula is C15H20Cl2N2O. The van der Waals surface area contributed by atoms with Crippen LogP contribution in [0.15, 0.2) is 18.2 Å². The monoisotopic (exact) mass is 314 g/mol. The number of carbonyl (C=O) groups excluding carboxylic acids is 1. The van der Waals surface area contributed by atoms with Gasteiger partial charge in [-0.2, -0.15) is 0 Å².